The normalized spacial score (nSPS) is 10.8. The standard InChI is InChI=1S/C28H26N2O4/c1-17-9-12-20(13-10-17)25-22-7-5-6-8-23(22)27(32)30(4)26(25)28(33)34-16-24(31)29-21-14-11-18(2)19(3)15-21/h5-15H,16H2,1-4H3,(H,29,31). The Morgan fingerprint density at radius 3 is 2.24 bits per heavy atom. The van der Waals surface area contributed by atoms with Gasteiger partial charge in [-0.2, -0.15) is 0 Å². The molecule has 0 aliphatic rings. The molecule has 3 aromatic carbocycles. The van der Waals surface area contributed by atoms with Gasteiger partial charge in [-0.05, 0) is 61.0 Å². The Kier molecular flexibility index (Phi) is 6.32. The first-order chi connectivity index (χ1) is 16.3. The lowest BCUT2D eigenvalue weighted by molar-refractivity contribution is -0.119. The second-order valence-electron chi connectivity index (χ2n) is 8.42. The molecule has 1 aromatic heterocycles. The second kappa shape index (κ2) is 9.35. The summed E-state index contributed by atoms with van der Waals surface area (Å²) in [6.45, 7) is 5.45. The number of aromatic nitrogens is 1. The van der Waals surface area contributed by atoms with E-state index in [0.717, 1.165) is 22.3 Å². The van der Waals surface area contributed by atoms with E-state index >= 15 is 0 Å². The Hall–Kier alpha value is -4.19. The Morgan fingerprint density at radius 1 is 0.882 bits per heavy atom. The van der Waals surface area contributed by atoms with E-state index in [2.05, 4.69) is 5.32 Å². The summed E-state index contributed by atoms with van der Waals surface area (Å²) in [5.41, 5.74) is 5.03. The molecular formula is C28H26N2O4. The van der Waals surface area contributed by atoms with Crippen molar-refractivity contribution in [2.75, 3.05) is 11.9 Å². The van der Waals surface area contributed by atoms with Gasteiger partial charge in [-0.3, -0.25) is 9.59 Å². The van der Waals surface area contributed by atoms with Gasteiger partial charge in [0.15, 0.2) is 6.61 Å². The average Bonchev–Trinajstić information content (AvgIpc) is 2.83. The van der Waals surface area contributed by atoms with Crippen molar-refractivity contribution in [3.05, 3.63) is 99.5 Å². The lowest BCUT2D eigenvalue weighted by Gasteiger charge is -2.17. The minimum atomic E-state index is -0.740. The first-order valence-corrected chi connectivity index (χ1v) is 11.0. The number of fused-ring (bicyclic) bond motifs is 1. The summed E-state index contributed by atoms with van der Waals surface area (Å²) in [5, 5.41) is 3.90. The number of nitrogens with zero attached hydrogens (tertiary/aromatic N) is 1. The molecule has 1 heterocycles. The van der Waals surface area contributed by atoms with E-state index in [1.165, 1.54) is 11.6 Å². The summed E-state index contributed by atoms with van der Waals surface area (Å²) < 4.78 is 6.67. The van der Waals surface area contributed by atoms with Gasteiger partial charge in [0, 0.05) is 23.7 Å². The van der Waals surface area contributed by atoms with Crippen LogP contribution in [0.15, 0.2) is 71.5 Å². The van der Waals surface area contributed by atoms with Gasteiger partial charge in [-0.25, -0.2) is 4.79 Å². The molecule has 0 bridgehead atoms. The number of benzene rings is 3. The molecule has 1 N–H and O–H groups in total. The second-order valence-corrected chi connectivity index (χ2v) is 8.42. The molecule has 0 atom stereocenters. The fraction of sp³-hybridized carbons (Fsp3) is 0.179. The Bertz CT molecular complexity index is 1470. The number of anilines is 1. The zero-order valence-electron chi connectivity index (χ0n) is 19.6. The molecule has 0 aliphatic carbocycles. The summed E-state index contributed by atoms with van der Waals surface area (Å²) in [5.74, 6) is -1.20. The molecule has 1 amide bonds. The lowest BCUT2D eigenvalue weighted by Crippen LogP contribution is -2.28. The van der Waals surface area contributed by atoms with E-state index in [4.69, 9.17) is 4.74 Å². The molecule has 4 rings (SSSR count). The zero-order valence-corrected chi connectivity index (χ0v) is 19.6. The molecule has 172 valence electrons. The summed E-state index contributed by atoms with van der Waals surface area (Å²) >= 11 is 0. The third kappa shape index (κ3) is 4.48. The van der Waals surface area contributed by atoms with E-state index < -0.39 is 18.5 Å². The summed E-state index contributed by atoms with van der Waals surface area (Å²) in [4.78, 5) is 38.7. The third-order valence-electron chi connectivity index (χ3n) is 5.96. The molecule has 0 unspecified atom stereocenters. The van der Waals surface area contributed by atoms with Gasteiger partial charge in [0.05, 0.1) is 0 Å². The van der Waals surface area contributed by atoms with Crippen LogP contribution in [0.25, 0.3) is 21.9 Å². The molecule has 0 saturated carbocycles. The van der Waals surface area contributed by atoms with Crippen LogP contribution in [0.5, 0.6) is 0 Å². The predicted molar refractivity (Wildman–Crippen MR) is 134 cm³/mol. The van der Waals surface area contributed by atoms with E-state index in [-0.39, 0.29) is 11.3 Å². The van der Waals surface area contributed by atoms with Crippen molar-refractivity contribution < 1.29 is 14.3 Å². The Balaban J connectivity index is 1.68. The first kappa shape index (κ1) is 23.0. The predicted octanol–water partition coefficient (Wildman–Crippen LogP) is 4.93. The highest BCUT2D eigenvalue weighted by atomic mass is 16.5. The highest BCUT2D eigenvalue weighted by Gasteiger charge is 2.23. The molecular weight excluding hydrogens is 428 g/mol. The number of aryl methyl sites for hydroxylation is 3. The van der Waals surface area contributed by atoms with Crippen molar-refractivity contribution in [1.82, 2.24) is 4.57 Å². The van der Waals surface area contributed by atoms with Gasteiger partial charge in [0.1, 0.15) is 5.69 Å². The highest BCUT2D eigenvalue weighted by Crippen LogP contribution is 2.31. The zero-order chi connectivity index (χ0) is 24.4. The highest BCUT2D eigenvalue weighted by molar-refractivity contribution is 6.07. The third-order valence-corrected chi connectivity index (χ3v) is 5.96. The minimum Gasteiger partial charge on any atom is -0.451 e. The molecule has 0 aliphatic heterocycles. The van der Waals surface area contributed by atoms with Crippen LogP contribution in [-0.4, -0.2) is 23.1 Å². The van der Waals surface area contributed by atoms with Crippen LogP contribution in [0, 0.1) is 20.8 Å². The largest absolute Gasteiger partial charge is 0.451 e. The van der Waals surface area contributed by atoms with Crippen LogP contribution in [-0.2, 0) is 16.6 Å². The van der Waals surface area contributed by atoms with Crippen molar-refractivity contribution in [3.8, 4) is 11.1 Å². The van der Waals surface area contributed by atoms with Crippen LogP contribution < -0.4 is 10.9 Å². The number of carbonyl (C=O) groups is 2. The van der Waals surface area contributed by atoms with E-state index in [9.17, 15) is 14.4 Å². The topological polar surface area (TPSA) is 77.4 Å². The summed E-state index contributed by atoms with van der Waals surface area (Å²) in [6, 6.07) is 20.4. The van der Waals surface area contributed by atoms with Crippen molar-refractivity contribution >= 4 is 28.3 Å². The monoisotopic (exact) mass is 454 g/mol. The number of carbonyl (C=O) groups excluding carboxylic acids is 2. The van der Waals surface area contributed by atoms with Crippen LogP contribution in [0.4, 0.5) is 5.69 Å². The first-order valence-electron chi connectivity index (χ1n) is 11.0. The summed E-state index contributed by atoms with van der Waals surface area (Å²) in [7, 11) is 1.54. The number of esters is 1. The molecule has 6 heteroatoms. The van der Waals surface area contributed by atoms with Crippen LogP contribution in [0.1, 0.15) is 27.2 Å². The number of ether oxygens (including phenoxy) is 1. The molecule has 0 saturated heterocycles. The quantitative estimate of drug-likeness (QED) is 0.434. The van der Waals surface area contributed by atoms with Crippen LogP contribution >= 0.6 is 0 Å². The number of amides is 1. The fourth-order valence-corrected chi connectivity index (χ4v) is 3.93. The van der Waals surface area contributed by atoms with Crippen molar-refractivity contribution in [2.45, 2.75) is 20.8 Å². The van der Waals surface area contributed by atoms with Crippen LogP contribution in [0.2, 0.25) is 0 Å². The molecule has 0 fully saturated rings. The number of pyridine rings is 1. The molecule has 6 nitrogen and oxygen atoms in total. The Morgan fingerprint density at radius 2 is 1.56 bits per heavy atom. The number of hydrogen-bond donors (Lipinski definition) is 1. The van der Waals surface area contributed by atoms with Crippen LogP contribution in [0.3, 0.4) is 0 Å². The van der Waals surface area contributed by atoms with Gasteiger partial charge in [-0.1, -0.05) is 54.1 Å². The molecule has 4 aromatic rings. The van der Waals surface area contributed by atoms with Gasteiger partial charge >= 0.3 is 5.97 Å². The van der Waals surface area contributed by atoms with Gasteiger partial charge in [0.2, 0.25) is 0 Å². The SMILES string of the molecule is Cc1ccc(-c2c(C(=O)OCC(=O)Nc3ccc(C)c(C)c3)n(C)c(=O)c3ccccc23)cc1. The maximum atomic E-state index is 13.2. The van der Waals surface area contributed by atoms with Gasteiger partial charge < -0.3 is 14.6 Å². The van der Waals surface area contributed by atoms with Crippen molar-refractivity contribution in [1.29, 1.82) is 0 Å². The van der Waals surface area contributed by atoms with Gasteiger partial charge in [0.25, 0.3) is 11.5 Å². The molecule has 0 radical (unpaired) electrons. The maximum absolute atomic E-state index is 13.2. The maximum Gasteiger partial charge on any atom is 0.356 e. The van der Waals surface area contributed by atoms with Crippen molar-refractivity contribution in [2.24, 2.45) is 7.05 Å². The molecule has 0 spiro atoms. The number of nitrogens with one attached hydrogen (secondary N) is 1. The minimum absolute atomic E-state index is 0.103. The lowest BCUT2D eigenvalue weighted by atomic mass is 9.96. The fourth-order valence-electron chi connectivity index (χ4n) is 3.93. The molecule has 34 heavy (non-hydrogen) atoms. The van der Waals surface area contributed by atoms with E-state index in [1.54, 1.807) is 18.2 Å². The number of hydrogen-bond acceptors (Lipinski definition) is 4. The Labute approximate surface area is 197 Å². The average molecular weight is 455 g/mol. The summed E-state index contributed by atoms with van der Waals surface area (Å²) in [6.07, 6.45) is 0. The van der Waals surface area contributed by atoms with Gasteiger partial charge in [-0.15, -0.1) is 0 Å². The van der Waals surface area contributed by atoms with E-state index in [0.29, 0.717) is 22.0 Å². The number of rotatable bonds is 5. The van der Waals surface area contributed by atoms with E-state index in [1.807, 2.05) is 69.3 Å². The van der Waals surface area contributed by atoms with Crippen molar-refractivity contribution in [3.63, 3.8) is 0 Å². The smallest absolute Gasteiger partial charge is 0.356 e.